The zero-order valence-corrected chi connectivity index (χ0v) is 13.5. The maximum Gasteiger partial charge on any atom is 0.173 e. The van der Waals surface area contributed by atoms with Crippen molar-refractivity contribution in [3.8, 4) is 22.6 Å². The van der Waals surface area contributed by atoms with Gasteiger partial charge in [-0.15, -0.1) is 0 Å². The van der Waals surface area contributed by atoms with Crippen LogP contribution in [0.25, 0.3) is 22.6 Å². The Morgan fingerprint density at radius 1 is 0.955 bits per heavy atom. The van der Waals surface area contributed by atoms with Crippen LogP contribution >= 0.6 is 34.8 Å². The SMILES string of the molecule is OCc1c(-c2cccc(Cl)c2)noc1-c1ccc(Cl)c(Cl)c1. The van der Waals surface area contributed by atoms with E-state index in [1.165, 1.54) is 0 Å². The molecule has 3 rings (SSSR count). The Bertz CT molecular complexity index is 830. The van der Waals surface area contributed by atoms with E-state index in [1.807, 2.05) is 12.1 Å². The maximum absolute atomic E-state index is 9.71. The predicted molar refractivity (Wildman–Crippen MR) is 88.3 cm³/mol. The number of aliphatic hydroxyl groups is 1. The highest BCUT2D eigenvalue weighted by molar-refractivity contribution is 6.42. The monoisotopic (exact) mass is 353 g/mol. The lowest BCUT2D eigenvalue weighted by atomic mass is 10.0. The first kappa shape index (κ1) is 15.4. The lowest BCUT2D eigenvalue weighted by Gasteiger charge is -2.03. The summed E-state index contributed by atoms with van der Waals surface area (Å²) in [6.45, 7) is -0.221. The second kappa shape index (κ2) is 6.31. The fourth-order valence-electron chi connectivity index (χ4n) is 2.18. The molecule has 0 saturated carbocycles. The van der Waals surface area contributed by atoms with Crippen molar-refractivity contribution in [2.45, 2.75) is 6.61 Å². The molecule has 0 spiro atoms. The van der Waals surface area contributed by atoms with Crippen molar-refractivity contribution in [1.29, 1.82) is 0 Å². The molecule has 22 heavy (non-hydrogen) atoms. The van der Waals surface area contributed by atoms with Gasteiger partial charge >= 0.3 is 0 Å². The molecular weight excluding hydrogens is 345 g/mol. The summed E-state index contributed by atoms with van der Waals surface area (Å²) in [7, 11) is 0. The largest absolute Gasteiger partial charge is 0.391 e. The molecule has 1 aromatic heterocycles. The fourth-order valence-corrected chi connectivity index (χ4v) is 2.67. The van der Waals surface area contributed by atoms with E-state index in [1.54, 1.807) is 30.3 Å². The van der Waals surface area contributed by atoms with E-state index in [-0.39, 0.29) is 6.61 Å². The van der Waals surface area contributed by atoms with E-state index >= 15 is 0 Å². The van der Waals surface area contributed by atoms with E-state index in [0.717, 1.165) is 5.56 Å². The first-order valence-corrected chi connectivity index (χ1v) is 7.54. The quantitative estimate of drug-likeness (QED) is 0.679. The first-order chi connectivity index (χ1) is 10.6. The van der Waals surface area contributed by atoms with E-state index in [9.17, 15) is 5.11 Å². The molecule has 3 nitrogen and oxygen atoms in total. The Kier molecular flexibility index (Phi) is 4.41. The molecule has 1 heterocycles. The molecule has 0 aliphatic rings. The molecule has 0 amide bonds. The number of hydrogen-bond acceptors (Lipinski definition) is 3. The normalized spacial score (nSPS) is 10.9. The van der Waals surface area contributed by atoms with Crippen LogP contribution in [-0.2, 0) is 6.61 Å². The molecule has 0 fully saturated rings. The molecule has 0 saturated heterocycles. The molecule has 0 bridgehead atoms. The zero-order chi connectivity index (χ0) is 15.7. The Balaban J connectivity index is 2.13. The van der Waals surface area contributed by atoms with Gasteiger partial charge in [0.05, 0.1) is 22.2 Å². The molecule has 0 aliphatic heterocycles. The van der Waals surface area contributed by atoms with E-state index in [0.29, 0.717) is 37.6 Å². The lowest BCUT2D eigenvalue weighted by molar-refractivity contribution is 0.281. The number of nitrogens with zero attached hydrogens (tertiary/aromatic N) is 1. The standard InChI is InChI=1S/C16H10Cl3NO2/c17-11-3-1-2-9(6-11)15-12(8-21)16(22-20-15)10-4-5-13(18)14(19)7-10/h1-7,21H,8H2. The van der Waals surface area contributed by atoms with Gasteiger partial charge in [-0.3, -0.25) is 0 Å². The van der Waals surface area contributed by atoms with Gasteiger partial charge in [-0.1, -0.05) is 52.1 Å². The maximum atomic E-state index is 9.71. The minimum atomic E-state index is -0.221. The van der Waals surface area contributed by atoms with Gasteiger partial charge in [0, 0.05) is 16.1 Å². The van der Waals surface area contributed by atoms with Crippen molar-refractivity contribution < 1.29 is 9.63 Å². The summed E-state index contributed by atoms with van der Waals surface area (Å²) >= 11 is 17.9. The van der Waals surface area contributed by atoms with Crippen molar-refractivity contribution >= 4 is 34.8 Å². The van der Waals surface area contributed by atoms with Gasteiger partial charge in [-0.2, -0.15) is 0 Å². The predicted octanol–water partition coefficient (Wildman–Crippen LogP) is 5.46. The molecule has 6 heteroatoms. The van der Waals surface area contributed by atoms with Gasteiger partial charge in [0.25, 0.3) is 0 Å². The van der Waals surface area contributed by atoms with Crippen LogP contribution in [-0.4, -0.2) is 10.3 Å². The highest BCUT2D eigenvalue weighted by Crippen LogP contribution is 2.35. The molecule has 112 valence electrons. The van der Waals surface area contributed by atoms with Gasteiger partial charge in [0.2, 0.25) is 0 Å². The van der Waals surface area contributed by atoms with Crippen LogP contribution in [0, 0.1) is 0 Å². The highest BCUT2D eigenvalue weighted by atomic mass is 35.5. The summed E-state index contributed by atoms with van der Waals surface area (Å²) < 4.78 is 5.41. The third kappa shape index (κ3) is 2.85. The Hall–Kier alpha value is -1.52. The summed E-state index contributed by atoms with van der Waals surface area (Å²) in [5.74, 6) is 0.455. The van der Waals surface area contributed by atoms with Crippen LogP contribution in [0.1, 0.15) is 5.56 Å². The van der Waals surface area contributed by atoms with E-state index in [4.69, 9.17) is 39.3 Å². The molecule has 0 radical (unpaired) electrons. The molecular formula is C16H10Cl3NO2. The second-order valence-electron chi connectivity index (χ2n) is 4.64. The molecule has 0 atom stereocenters. The number of halogens is 3. The van der Waals surface area contributed by atoms with Gasteiger partial charge in [0.1, 0.15) is 5.69 Å². The molecule has 0 unspecified atom stereocenters. The van der Waals surface area contributed by atoms with Crippen molar-refractivity contribution in [2.24, 2.45) is 0 Å². The molecule has 0 aliphatic carbocycles. The number of aliphatic hydroxyl groups excluding tert-OH is 1. The Labute approximate surface area is 142 Å². The summed E-state index contributed by atoms with van der Waals surface area (Å²) in [5, 5.41) is 15.2. The summed E-state index contributed by atoms with van der Waals surface area (Å²) in [4.78, 5) is 0. The third-order valence-corrected chi connectivity index (χ3v) is 4.20. The molecule has 3 aromatic rings. The second-order valence-corrected chi connectivity index (χ2v) is 5.89. The fraction of sp³-hybridized carbons (Fsp3) is 0.0625. The van der Waals surface area contributed by atoms with Crippen LogP contribution in [0.3, 0.4) is 0 Å². The number of hydrogen-bond donors (Lipinski definition) is 1. The lowest BCUT2D eigenvalue weighted by Crippen LogP contribution is -1.89. The van der Waals surface area contributed by atoms with Crippen LogP contribution in [0.4, 0.5) is 0 Å². The Morgan fingerprint density at radius 3 is 2.45 bits per heavy atom. The summed E-state index contributed by atoms with van der Waals surface area (Å²) in [6, 6.07) is 12.3. The van der Waals surface area contributed by atoms with Crippen molar-refractivity contribution in [3.63, 3.8) is 0 Å². The minimum Gasteiger partial charge on any atom is -0.391 e. The van der Waals surface area contributed by atoms with E-state index < -0.39 is 0 Å². The summed E-state index contributed by atoms with van der Waals surface area (Å²) in [5.41, 5.74) is 2.58. The Morgan fingerprint density at radius 2 is 1.77 bits per heavy atom. The first-order valence-electron chi connectivity index (χ1n) is 6.41. The van der Waals surface area contributed by atoms with Gasteiger partial charge in [-0.25, -0.2) is 0 Å². The van der Waals surface area contributed by atoms with Crippen LogP contribution in [0.5, 0.6) is 0 Å². The van der Waals surface area contributed by atoms with Crippen LogP contribution in [0.2, 0.25) is 15.1 Å². The van der Waals surface area contributed by atoms with Crippen molar-refractivity contribution in [2.75, 3.05) is 0 Å². The van der Waals surface area contributed by atoms with E-state index in [2.05, 4.69) is 5.16 Å². The third-order valence-electron chi connectivity index (χ3n) is 3.23. The van der Waals surface area contributed by atoms with Crippen molar-refractivity contribution in [1.82, 2.24) is 5.16 Å². The minimum absolute atomic E-state index is 0.221. The van der Waals surface area contributed by atoms with Gasteiger partial charge in [-0.05, 0) is 30.3 Å². The average Bonchev–Trinajstić information content (AvgIpc) is 2.94. The number of rotatable bonds is 3. The number of benzene rings is 2. The smallest absolute Gasteiger partial charge is 0.173 e. The van der Waals surface area contributed by atoms with Gasteiger partial charge < -0.3 is 9.63 Å². The highest BCUT2D eigenvalue weighted by Gasteiger charge is 2.19. The number of aromatic nitrogens is 1. The molecule has 1 N–H and O–H groups in total. The average molecular weight is 355 g/mol. The van der Waals surface area contributed by atoms with Crippen LogP contribution in [0.15, 0.2) is 47.0 Å². The zero-order valence-electron chi connectivity index (χ0n) is 11.2. The van der Waals surface area contributed by atoms with Gasteiger partial charge in [0.15, 0.2) is 5.76 Å². The van der Waals surface area contributed by atoms with Crippen LogP contribution < -0.4 is 0 Å². The topological polar surface area (TPSA) is 46.3 Å². The van der Waals surface area contributed by atoms with Crippen molar-refractivity contribution in [3.05, 3.63) is 63.1 Å². The summed E-state index contributed by atoms with van der Waals surface area (Å²) in [6.07, 6.45) is 0. The molecule has 2 aromatic carbocycles.